The molecule has 3 aliphatic heterocycles. The van der Waals surface area contributed by atoms with Crippen molar-refractivity contribution in [1.29, 1.82) is 0 Å². The number of likely N-dealkylation sites (tertiary alicyclic amines) is 1. The van der Waals surface area contributed by atoms with E-state index < -0.39 is 0 Å². The van der Waals surface area contributed by atoms with Crippen molar-refractivity contribution < 1.29 is 14.7 Å². The van der Waals surface area contributed by atoms with E-state index in [0.29, 0.717) is 19.5 Å². The van der Waals surface area contributed by atoms with E-state index in [1.807, 2.05) is 17.0 Å². The van der Waals surface area contributed by atoms with Gasteiger partial charge in [-0.3, -0.25) is 9.59 Å². The van der Waals surface area contributed by atoms with Gasteiger partial charge in [-0.05, 0) is 55.6 Å². The molecular weight excluding hydrogens is 362 g/mol. The lowest BCUT2D eigenvalue weighted by Gasteiger charge is -2.26. The Morgan fingerprint density at radius 1 is 1.26 bits per heavy atom. The molecule has 2 N–H and O–H groups in total. The molecule has 0 radical (unpaired) electrons. The summed E-state index contributed by atoms with van der Waals surface area (Å²) in [7, 11) is 2.10. The number of nitrogens with zero attached hydrogens (tertiary/aromatic N) is 2. The number of allylic oxidation sites excluding steroid dienone is 1. The fourth-order valence-corrected chi connectivity index (χ4v) is 4.83. The predicted octanol–water partition coefficient (Wildman–Crippen LogP) is 1.91. The third-order valence-corrected chi connectivity index (χ3v) is 6.64. The van der Waals surface area contributed by atoms with Crippen LogP contribution in [0.15, 0.2) is 29.4 Å². The standard InChI is InChI=1S/C20H25N3O3S/c1-22-8-6-13-2-3-14(10-15(13)11-22)20(26)23-9-7-16(12-23)21-19(25)17-4-5-18(24)27-17/h2-3,5,10,16-17,24H,4,6-9,11-12H2,1H3,(H,21,25). The monoisotopic (exact) mass is 387 g/mol. The van der Waals surface area contributed by atoms with Gasteiger partial charge < -0.3 is 20.2 Å². The van der Waals surface area contributed by atoms with Crippen LogP contribution < -0.4 is 5.32 Å². The van der Waals surface area contributed by atoms with Crippen LogP contribution in [0.25, 0.3) is 0 Å². The zero-order chi connectivity index (χ0) is 19.0. The molecule has 1 aromatic carbocycles. The van der Waals surface area contributed by atoms with Gasteiger partial charge in [0.2, 0.25) is 5.91 Å². The van der Waals surface area contributed by atoms with E-state index in [9.17, 15) is 14.7 Å². The molecule has 7 heteroatoms. The minimum Gasteiger partial charge on any atom is -0.502 e. The maximum atomic E-state index is 12.9. The van der Waals surface area contributed by atoms with Crippen molar-refractivity contribution >= 4 is 23.6 Å². The molecule has 0 aliphatic carbocycles. The summed E-state index contributed by atoms with van der Waals surface area (Å²) in [4.78, 5) is 29.3. The molecule has 2 amide bonds. The van der Waals surface area contributed by atoms with E-state index >= 15 is 0 Å². The van der Waals surface area contributed by atoms with Crippen molar-refractivity contribution in [1.82, 2.24) is 15.1 Å². The van der Waals surface area contributed by atoms with Crippen LogP contribution >= 0.6 is 11.8 Å². The van der Waals surface area contributed by atoms with E-state index in [2.05, 4.69) is 23.3 Å². The molecule has 1 fully saturated rings. The normalized spacial score (nSPS) is 25.2. The van der Waals surface area contributed by atoms with Crippen molar-refractivity contribution in [2.75, 3.05) is 26.7 Å². The summed E-state index contributed by atoms with van der Waals surface area (Å²) in [5.74, 6) is -0.0197. The molecular formula is C20H25N3O3S. The van der Waals surface area contributed by atoms with Crippen LogP contribution in [0.1, 0.15) is 34.3 Å². The zero-order valence-electron chi connectivity index (χ0n) is 15.5. The van der Waals surface area contributed by atoms with Gasteiger partial charge in [0.25, 0.3) is 5.91 Å². The van der Waals surface area contributed by atoms with Crippen LogP contribution in [-0.2, 0) is 17.8 Å². The maximum absolute atomic E-state index is 12.9. The third-order valence-electron chi connectivity index (χ3n) is 5.54. The van der Waals surface area contributed by atoms with Gasteiger partial charge in [0.15, 0.2) is 0 Å². The number of thioether (sulfide) groups is 1. The Balaban J connectivity index is 1.35. The minimum atomic E-state index is -0.257. The molecule has 3 aliphatic rings. The highest BCUT2D eigenvalue weighted by Crippen LogP contribution is 2.30. The van der Waals surface area contributed by atoms with Gasteiger partial charge in [-0.15, -0.1) is 0 Å². The van der Waals surface area contributed by atoms with Crippen LogP contribution in [0, 0.1) is 0 Å². The topological polar surface area (TPSA) is 72.9 Å². The van der Waals surface area contributed by atoms with Gasteiger partial charge in [0.05, 0.1) is 5.25 Å². The number of aliphatic hydroxyl groups excluding tert-OH is 1. The minimum absolute atomic E-state index is 0.0199. The molecule has 2 unspecified atom stereocenters. The number of nitrogens with one attached hydrogen (secondary N) is 1. The smallest absolute Gasteiger partial charge is 0.253 e. The van der Waals surface area contributed by atoms with E-state index in [-0.39, 0.29) is 28.2 Å². The Bertz CT molecular complexity index is 795. The van der Waals surface area contributed by atoms with Gasteiger partial charge in [-0.1, -0.05) is 17.8 Å². The molecule has 1 saturated heterocycles. The number of fused-ring (bicyclic) bond motifs is 1. The first-order valence-corrected chi connectivity index (χ1v) is 10.3. The Kier molecular flexibility index (Phi) is 5.14. The van der Waals surface area contributed by atoms with Gasteiger partial charge in [0, 0.05) is 37.8 Å². The first-order valence-electron chi connectivity index (χ1n) is 9.45. The first-order chi connectivity index (χ1) is 13.0. The SMILES string of the molecule is CN1CCc2ccc(C(=O)N3CCC(NC(=O)C4CC=C(O)S4)C3)cc2C1. The molecule has 0 saturated carbocycles. The number of amides is 2. The number of rotatable bonds is 3. The van der Waals surface area contributed by atoms with E-state index in [4.69, 9.17) is 0 Å². The van der Waals surface area contributed by atoms with Crippen molar-refractivity contribution in [3.63, 3.8) is 0 Å². The second-order valence-corrected chi connectivity index (χ2v) is 8.82. The third kappa shape index (κ3) is 3.99. The Morgan fingerprint density at radius 3 is 2.89 bits per heavy atom. The highest BCUT2D eigenvalue weighted by molar-refractivity contribution is 8.04. The molecule has 3 heterocycles. The molecule has 0 aromatic heterocycles. The fourth-order valence-electron chi connectivity index (χ4n) is 3.98. The molecule has 1 aromatic rings. The number of hydrogen-bond donors (Lipinski definition) is 2. The van der Waals surface area contributed by atoms with Crippen molar-refractivity contribution in [3.8, 4) is 0 Å². The van der Waals surface area contributed by atoms with Crippen LogP contribution in [0.5, 0.6) is 0 Å². The molecule has 6 nitrogen and oxygen atoms in total. The number of carbonyl (C=O) groups is 2. The van der Waals surface area contributed by atoms with Crippen molar-refractivity contribution in [2.24, 2.45) is 0 Å². The number of aliphatic hydroxyl groups is 1. The summed E-state index contributed by atoms with van der Waals surface area (Å²) in [5.41, 5.74) is 3.31. The summed E-state index contributed by atoms with van der Waals surface area (Å²) in [5, 5.41) is 12.4. The largest absolute Gasteiger partial charge is 0.502 e. The van der Waals surface area contributed by atoms with Crippen molar-refractivity contribution in [3.05, 3.63) is 46.1 Å². The number of benzene rings is 1. The lowest BCUT2D eigenvalue weighted by molar-refractivity contribution is -0.121. The Morgan fingerprint density at radius 2 is 2.11 bits per heavy atom. The predicted molar refractivity (Wildman–Crippen MR) is 106 cm³/mol. The summed E-state index contributed by atoms with van der Waals surface area (Å²) >= 11 is 1.19. The average Bonchev–Trinajstić information content (AvgIpc) is 3.29. The summed E-state index contributed by atoms with van der Waals surface area (Å²) < 4.78 is 0. The number of likely N-dealkylation sites (N-methyl/N-ethyl adjacent to an activating group) is 1. The Labute approximate surface area is 163 Å². The van der Waals surface area contributed by atoms with Crippen LogP contribution in [0.4, 0.5) is 0 Å². The summed E-state index contributed by atoms with van der Waals surface area (Å²) in [6.07, 6.45) is 4.03. The maximum Gasteiger partial charge on any atom is 0.253 e. The molecule has 0 bridgehead atoms. The fraction of sp³-hybridized carbons (Fsp3) is 0.500. The van der Waals surface area contributed by atoms with Gasteiger partial charge >= 0.3 is 0 Å². The van der Waals surface area contributed by atoms with Crippen LogP contribution in [-0.4, -0.2) is 64.7 Å². The van der Waals surface area contributed by atoms with E-state index in [1.54, 1.807) is 6.08 Å². The lowest BCUT2D eigenvalue weighted by atomic mass is 9.97. The second-order valence-electron chi connectivity index (χ2n) is 7.60. The quantitative estimate of drug-likeness (QED) is 0.829. The first kappa shape index (κ1) is 18.4. The highest BCUT2D eigenvalue weighted by Gasteiger charge is 2.31. The molecule has 27 heavy (non-hydrogen) atoms. The second kappa shape index (κ2) is 7.56. The van der Waals surface area contributed by atoms with Gasteiger partial charge in [0.1, 0.15) is 5.09 Å². The molecule has 4 rings (SSSR count). The lowest BCUT2D eigenvalue weighted by Crippen LogP contribution is -2.42. The molecule has 2 atom stereocenters. The van der Waals surface area contributed by atoms with Crippen LogP contribution in [0.2, 0.25) is 0 Å². The number of carbonyl (C=O) groups excluding carboxylic acids is 2. The highest BCUT2D eigenvalue weighted by atomic mass is 32.2. The molecule has 0 spiro atoms. The van der Waals surface area contributed by atoms with Crippen LogP contribution in [0.3, 0.4) is 0 Å². The average molecular weight is 388 g/mol. The van der Waals surface area contributed by atoms with Gasteiger partial charge in [-0.25, -0.2) is 0 Å². The van der Waals surface area contributed by atoms with Gasteiger partial charge in [-0.2, -0.15) is 0 Å². The molecule has 144 valence electrons. The van der Waals surface area contributed by atoms with E-state index in [0.717, 1.165) is 31.5 Å². The number of hydrogen-bond acceptors (Lipinski definition) is 5. The van der Waals surface area contributed by atoms with E-state index in [1.165, 1.54) is 22.9 Å². The zero-order valence-corrected chi connectivity index (χ0v) is 16.3. The van der Waals surface area contributed by atoms with Crippen molar-refractivity contribution in [2.45, 2.75) is 37.1 Å². The Hall–Kier alpha value is -1.99. The summed E-state index contributed by atoms with van der Waals surface area (Å²) in [6.45, 7) is 3.13. The summed E-state index contributed by atoms with van der Waals surface area (Å²) in [6, 6.07) is 6.03.